The van der Waals surface area contributed by atoms with E-state index in [4.69, 9.17) is 14.2 Å². The molecule has 0 aliphatic carbocycles. The number of hydrogen-bond acceptors (Lipinski definition) is 12. The topological polar surface area (TPSA) is 130 Å². The first kappa shape index (κ1) is 28.7. The summed E-state index contributed by atoms with van der Waals surface area (Å²) in [4.78, 5) is 50.6. The third-order valence-corrected chi connectivity index (χ3v) is 6.84. The number of esters is 2. The summed E-state index contributed by atoms with van der Waals surface area (Å²) in [6, 6.07) is -0.975. The zero-order valence-electron chi connectivity index (χ0n) is 21.7. The Hall–Kier alpha value is -2.90. The lowest BCUT2D eigenvalue weighted by Crippen LogP contribution is -2.47. The van der Waals surface area contributed by atoms with Crippen LogP contribution in [0.4, 0.5) is 4.79 Å². The summed E-state index contributed by atoms with van der Waals surface area (Å²) in [5.74, 6) is -1.04. The molecule has 10 nitrogen and oxygen atoms in total. The van der Waals surface area contributed by atoms with Crippen molar-refractivity contribution in [2.75, 3.05) is 6.61 Å². The molecular formula is C24H30N4O6S3. The summed E-state index contributed by atoms with van der Waals surface area (Å²) >= 11 is 4.05. The fourth-order valence-electron chi connectivity index (χ4n) is 2.87. The average Bonchev–Trinajstić information content (AvgIpc) is 3.50. The Bertz CT molecular complexity index is 1250. The average molecular weight is 567 g/mol. The van der Waals surface area contributed by atoms with Crippen LogP contribution in [0.3, 0.4) is 0 Å². The number of aromatic nitrogens is 3. The Kier molecular flexibility index (Phi) is 9.03. The van der Waals surface area contributed by atoms with E-state index in [1.54, 1.807) is 53.8 Å². The van der Waals surface area contributed by atoms with Crippen LogP contribution in [0, 0.1) is 0 Å². The number of nitrogens with one attached hydrogen (secondary N) is 1. The highest BCUT2D eigenvalue weighted by atomic mass is 32.1. The molecule has 0 unspecified atom stereocenters. The van der Waals surface area contributed by atoms with Gasteiger partial charge in [-0.15, -0.1) is 34.0 Å². The standard InChI is InChI=1S/C24H30N4O6S3/c1-8-32-20(29)16-12-37-19(27-16)15-11-36-18(26-15)14-10-35-17(25-14)9-13(21(30)33-23(2,3)4)28-22(31)34-24(5,6)7/h10-13H,8-9H2,1-7H3,(H,28,31)/t13-/m0/s1. The van der Waals surface area contributed by atoms with Gasteiger partial charge in [0.1, 0.15) is 38.6 Å². The van der Waals surface area contributed by atoms with Crippen LogP contribution in [0.15, 0.2) is 16.1 Å². The van der Waals surface area contributed by atoms with Crippen LogP contribution in [0.25, 0.3) is 21.4 Å². The minimum absolute atomic E-state index is 0.131. The Labute approximate surface area is 227 Å². The predicted molar refractivity (Wildman–Crippen MR) is 143 cm³/mol. The molecule has 3 aromatic rings. The quantitative estimate of drug-likeness (QED) is 0.283. The van der Waals surface area contributed by atoms with Crippen molar-refractivity contribution in [1.82, 2.24) is 20.3 Å². The normalized spacial score (nSPS) is 12.6. The second-order valence-corrected chi connectivity index (χ2v) is 12.5. The number of thiazole rings is 3. The van der Waals surface area contributed by atoms with Crippen molar-refractivity contribution in [3.8, 4) is 21.4 Å². The third-order valence-electron chi connectivity index (χ3n) is 4.24. The van der Waals surface area contributed by atoms with Crippen molar-refractivity contribution in [3.63, 3.8) is 0 Å². The van der Waals surface area contributed by atoms with E-state index in [1.165, 1.54) is 34.0 Å². The molecule has 3 rings (SSSR count). The number of amides is 1. The second kappa shape index (κ2) is 11.7. The summed E-state index contributed by atoms with van der Waals surface area (Å²) in [5, 5.41) is 9.83. The molecule has 13 heteroatoms. The monoisotopic (exact) mass is 566 g/mol. The van der Waals surface area contributed by atoms with Gasteiger partial charge in [-0.3, -0.25) is 0 Å². The number of carbonyl (C=O) groups excluding carboxylic acids is 3. The summed E-state index contributed by atoms with van der Waals surface area (Å²) in [5.41, 5.74) is 0.0812. The van der Waals surface area contributed by atoms with Crippen LogP contribution in [-0.2, 0) is 25.4 Å². The molecule has 1 N–H and O–H groups in total. The first-order chi connectivity index (χ1) is 17.2. The maximum Gasteiger partial charge on any atom is 0.408 e. The van der Waals surface area contributed by atoms with Gasteiger partial charge in [0.25, 0.3) is 0 Å². The number of ether oxygens (including phenoxy) is 3. The van der Waals surface area contributed by atoms with Gasteiger partial charge in [0.05, 0.1) is 11.6 Å². The molecule has 3 aromatic heterocycles. The molecule has 200 valence electrons. The van der Waals surface area contributed by atoms with Crippen LogP contribution >= 0.6 is 34.0 Å². The first-order valence-electron chi connectivity index (χ1n) is 11.5. The molecule has 0 saturated carbocycles. The molecule has 0 aliphatic heterocycles. The van der Waals surface area contributed by atoms with Crippen molar-refractivity contribution < 1.29 is 28.6 Å². The van der Waals surface area contributed by atoms with Gasteiger partial charge in [-0.1, -0.05) is 0 Å². The lowest BCUT2D eigenvalue weighted by atomic mass is 10.1. The lowest BCUT2D eigenvalue weighted by Gasteiger charge is -2.25. The van der Waals surface area contributed by atoms with E-state index in [0.717, 1.165) is 0 Å². The van der Waals surface area contributed by atoms with E-state index >= 15 is 0 Å². The van der Waals surface area contributed by atoms with E-state index in [1.807, 2.05) is 10.8 Å². The number of nitrogens with zero attached hydrogens (tertiary/aromatic N) is 3. The van der Waals surface area contributed by atoms with E-state index in [9.17, 15) is 14.4 Å². The van der Waals surface area contributed by atoms with Gasteiger partial charge >= 0.3 is 18.0 Å². The molecular weight excluding hydrogens is 536 g/mol. The van der Waals surface area contributed by atoms with Gasteiger partial charge < -0.3 is 19.5 Å². The molecule has 1 atom stereocenters. The molecule has 0 spiro atoms. The van der Waals surface area contributed by atoms with Gasteiger partial charge in [-0.25, -0.2) is 29.3 Å². The molecule has 0 aliphatic rings. The molecule has 0 bridgehead atoms. The summed E-state index contributed by atoms with van der Waals surface area (Å²) in [6.45, 7) is 12.5. The third kappa shape index (κ3) is 8.58. The summed E-state index contributed by atoms with van der Waals surface area (Å²) < 4.78 is 15.8. The zero-order chi connectivity index (χ0) is 27.4. The smallest absolute Gasteiger partial charge is 0.408 e. The zero-order valence-corrected chi connectivity index (χ0v) is 24.2. The molecule has 1 amide bonds. The molecule has 0 radical (unpaired) electrons. The number of alkyl carbamates (subject to hydrolysis) is 1. The van der Waals surface area contributed by atoms with E-state index in [0.29, 0.717) is 26.4 Å². The Morgan fingerprint density at radius 1 is 0.865 bits per heavy atom. The van der Waals surface area contributed by atoms with Crippen LogP contribution in [-0.4, -0.2) is 56.8 Å². The highest BCUT2D eigenvalue weighted by Gasteiger charge is 2.30. The first-order valence-corrected chi connectivity index (χ1v) is 14.1. The largest absolute Gasteiger partial charge is 0.461 e. The van der Waals surface area contributed by atoms with Gasteiger partial charge in [-0.2, -0.15) is 0 Å². The fourth-order valence-corrected chi connectivity index (χ4v) is 5.36. The molecule has 0 saturated heterocycles. The molecule has 3 heterocycles. The van der Waals surface area contributed by atoms with Crippen molar-refractivity contribution in [2.45, 2.75) is 72.1 Å². The maximum absolute atomic E-state index is 12.8. The highest BCUT2D eigenvalue weighted by Crippen LogP contribution is 2.31. The highest BCUT2D eigenvalue weighted by molar-refractivity contribution is 7.16. The van der Waals surface area contributed by atoms with Gasteiger partial charge in [0.2, 0.25) is 0 Å². The minimum Gasteiger partial charge on any atom is -0.461 e. The molecule has 37 heavy (non-hydrogen) atoms. The van der Waals surface area contributed by atoms with Crippen molar-refractivity contribution in [1.29, 1.82) is 0 Å². The van der Waals surface area contributed by atoms with E-state index in [-0.39, 0.29) is 18.7 Å². The Morgan fingerprint density at radius 2 is 1.46 bits per heavy atom. The SMILES string of the molecule is CCOC(=O)c1csc(-c2csc(-c3csc(C[C@H](NC(=O)OC(C)(C)C)C(=O)OC(C)(C)C)n3)n2)n1. The van der Waals surface area contributed by atoms with Crippen molar-refractivity contribution >= 4 is 52.0 Å². The van der Waals surface area contributed by atoms with Gasteiger partial charge in [0.15, 0.2) is 5.69 Å². The molecule has 0 fully saturated rings. The number of carbonyl (C=O) groups is 3. The minimum atomic E-state index is -0.975. The van der Waals surface area contributed by atoms with Crippen molar-refractivity contribution in [2.24, 2.45) is 0 Å². The lowest BCUT2D eigenvalue weighted by molar-refractivity contribution is -0.157. The predicted octanol–water partition coefficient (Wildman–Crippen LogP) is 5.34. The number of rotatable bonds is 8. The van der Waals surface area contributed by atoms with Crippen LogP contribution in [0.1, 0.15) is 64.0 Å². The van der Waals surface area contributed by atoms with Gasteiger partial charge in [0, 0.05) is 22.6 Å². The van der Waals surface area contributed by atoms with E-state index < -0.39 is 35.3 Å². The fraction of sp³-hybridized carbons (Fsp3) is 0.500. The van der Waals surface area contributed by atoms with Crippen LogP contribution in [0.5, 0.6) is 0 Å². The maximum atomic E-state index is 12.8. The van der Waals surface area contributed by atoms with Crippen LogP contribution in [0.2, 0.25) is 0 Å². The number of hydrogen-bond donors (Lipinski definition) is 1. The molecule has 0 aromatic carbocycles. The Morgan fingerprint density at radius 3 is 2.11 bits per heavy atom. The van der Waals surface area contributed by atoms with Gasteiger partial charge in [-0.05, 0) is 48.5 Å². The van der Waals surface area contributed by atoms with E-state index in [2.05, 4.69) is 20.3 Å². The van der Waals surface area contributed by atoms with Crippen LogP contribution < -0.4 is 5.32 Å². The second-order valence-electron chi connectivity index (χ2n) is 9.86. The summed E-state index contributed by atoms with van der Waals surface area (Å²) in [7, 11) is 0. The Balaban J connectivity index is 1.75. The van der Waals surface area contributed by atoms with Crippen molar-refractivity contribution in [3.05, 3.63) is 26.8 Å². The summed E-state index contributed by atoms with van der Waals surface area (Å²) in [6.07, 6.45) is -0.581.